The minimum atomic E-state index is 0.166. The smallest absolute Gasteiger partial charge is 0.234 e. The van der Waals surface area contributed by atoms with Crippen molar-refractivity contribution in [3.8, 4) is 0 Å². The molecule has 4 nitrogen and oxygen atoms in total. The number of amides is 1. The SMILES string of the molecule is CC1(CNC(=O)CN2CCC(N)CC2)CCCS1. The quantitative estimate of drug-likeness (QED) is 0.794. The lowest BCUT2D eigenvalue weighted by Crippen LogP contribution is -2.46. The minimum Gasteiger partial charge on any atom is -0.354 e. The van der Waals surface area contributed by atoms with E-state index < -0.39 is 0 Å². The van der Waals surface area contributed by atoms with Crippen LogP contribution in [0.15, 0.2) is 0 Å². The zero-order valence-electron chi connectivity index (χ0n) is 11.3. The molecule has 0 aromatic heterocycles. The number of hydrogen-bond acceptors (Lipinski definition) is 4. The largest absolute Gasteiger partial charge is 0.354 e. The summed E-state index contributed by atoms with van der Waals surface area (Å²) in [5.41, 5.74) is 5.86. The van der Waals surface area contributed by atoms with Crippen molar-refractivity contribution in [1.82, 2.24) is 10.2 Å². The van der Waals surface area contributed by atoms with Gasteiger partial charge in [0.1, 0.15) is 0 Å². The number of nitrogens with zero attached hydrogens (tertiary/aromatic N) is 1. The van der Waals surface area contributed by atoms with Gasteiger partial charge in [0.25, 0.3) is 0 Å². The van der Waals surface area contributed by atoms with E-state index in [0.717, 1.165) is 32.5 Å². The molecule has 2 heterocycles. The molecule has 0 aromatic carbocycles. The molecule has 2 aliphatic heterocycles. The monoisotopic (exact) mass is 271 g/mol. The molecule has 0 aliphatic carbocycles. The number of carbonyl (C=O) groups is 1. The average molecular weight is 271 g/mol. The zero-order chi connectivity index (χ0) is 13.0. The molecular formula is C13H25N3OS. The van der Waals surface area contributed by atoms with E-state index in [1.807, 2.05) is 11.8 Å². The fourth-order valence-corrected chi connectivity index (χ4v) is 3.88. The van der Waals surface area contributed by atoms with Gasteiger partial charge in [-0.1, -0.05) is 0 Å². The maximum atomic E-state index is 11.9. The van der Waals surface area contributed by atoms with Crippen LogP contribution < -0.4 is 11.1 Å². The number of rotatable bonds is 4. The zero-order valence-corrected chi connectivity index (χ0v) is 12.1. The average Bonchev–Trinajstić information content (AvgIpc) is 2.78. The second-order valence-electron chi connectivity index (χ2n) is 5.79. The lowest BCUT2D eigenvalue weighted by molar-refractivity contribution is -0.122. The topological polar surface area (TPSA) is 58.4 Å². The summed E-state index contributed by atoms with van der Waals surface area (Å²) in [6.07, 6.45) is 4.53. The normalized spacial score (nSPS) is 30.6. The van der Waals surface area contributed by atoms with Crippen LogP contribution in [0.4, 0.5) is 0 Å². The third kappa shape index (κ3) is 4.14. The second kappa shape index (κ2) is 6.26. The number of nitrogens with two attached hydrogens (primary N) is 1. The molecule has 1 unspecified atom stereocenters. The molecule has 2 saturated heterocycles. The molecule has 0 radical (unpaired) electrons. The summed E-state index contributed by atoms with van der Waals surface area (Å²) in [7, 11) is 0. The summed E-state index contributed by atoms with van der Waals surface area (Å²) in [6, 6.07) is 0.332. The third-order valence-electron chi connectivity index (χ3n) is 3.96. The van der Waals surface area contributed by atoms with Gasteiger partial charge in [-0.25, -0.2) is 0 Å². The molecular weight excluding hydrogens is 246 g/mol. The molecule has 2 rings (SSSR count). The van der Waals surface area contributed by atoms with Gasteiger partial charge in [0, 0.05) is 30.4 Å². The van der Waals surface area contributed by atoms with Gasteiger partial charge in [0.05, 0.1) is 6.54 Å². The van der Waals surface area contributed by atoms with Crippen molar-refractivity contribution in [2.75, 3.05) is 31.9 Å². The van der Waals surface area contributed by atoms with Gasteiger partial charge < -0.3 is 11.1 Å². The van der Waals surface area contributed by atoms with Crippen LogP contribution in [0, 0.1) is 0 Å². The number of carbonyl (C=O) groups excluding carboxylic acids is 1. The standard InChI is InChI=1S/C13H25N3OS/c1-13(5-2-8-18-13)10-15-12(17)9-16-6-3-11(14)4-7-16/h11H,2-10,14H2,1H3,(H,15,17). The van der Waals surface area contributed by atoms with Crippen LogP contribution in [0.2, 0.25) is 0 Å². The highest BCUT2D eigenvalue weighted by molar-refractivity contribution is 8.00. The Balaban J connectivity index is 1.66. The maximum absolute atomic E-state index is 11.9. The summed E-state index contributed by atoms with van der Waals surface area (Å²) < 4.78 is 0.264. The van der Waals surface area contributed by atoms with Gasteiger partial charge in [-0.15, -0.1) is 0 Å². The molecule has 1 amide bonds. The summed E-state index contributed by atoms with van der Waals surface area (Å²) in [5, 5.41) is 3.09. The first-order valence-electron chi connectivity index (χ1n) is 6.96. The fourth-order valence-electron chi connectivity index (χ4n) is 2.63. The fraction of sp³-hybridized carbons (Fsp3) is 0.923. The Morgan fingerprint density at radius 3 is 2.83 bits per heavy atom. The van der Waals surface area contributed by atoms with Crippen molar-refractivity contribution in [3.63, 3.8) is 0 Å². The Labute approximate surface area is 114 Å². The first-order chi connectivity index (χ1) is 8.57. The van der Waals surface area contributed by atoms with Gasteiger partial charge >= 0.3 is 0 Å². The van der Waals surface area contributed by atoms with Gasteiger partial charge in [-0.3, -0.25) is 9.69 Å². The number of hydrogen-bond donors (Lipinski definition) is 2. The van der Waals surface area contributed by atoms with Crippen LogP contribution in [0.1, 0.15) is 32.6 Å². The Hall–Kier alpha value is -0.260. The van der Waals surface area contributed by atoms with Crippen molar-refractivity contribution in [2.45, 2.75) is 43.4 Å². The summed E-state index contributed by atoms with van der Waals surface area (Å²) in [4.78, 5) is 14.1. The van der Waals surface area contributed by atoms with E-state index in [1.165, 1.54) is 18.6 Å². The molecule has 1 atom stereocenters. The highest BCUT2D eigenvalue weighted by atomic mass is 32.2. The molecule has 0 aromatic rings. The highest BCUT2D eigenvalue weighted by Crippen LogP contribution is 2.36. The van der Waals surface area contributed by atoms with E-state index in [2.05, 4.69) is 17.1 Å². The third-order valence-corrected chi connectivity index (χ3v) is 5.50. The van der Waals surface area contributed by atoms with E-state index in [9.17, 15) is 4.79 Å². The summed E-state index contributed by atoms with van der Waals surface area (Å²) >= 11 is 1.99. The van der Waals surface area contributed by atoms with Crippen LogP contribution in [0.5, 0.6) is 0 Å². The number of likely N-dealkylation sites (tertiary alicyclic amines) is 1. The first kappa shape index (κ1) is 14.2. The van der Waals surface area contributed by atoms with Gasteiger partial charge in [0.15, 0.2) is 0 Å². The molecule has 0 bridgehead atoms. The number of thioether (sulfide) groups is 1. The summed E-state index contributed by atoms with van der Waals surface area (Å²) in [6.45, 7) is 5.52. The summed E-state index contributed by atoms with van der Waals surface area (Å²) in [5.74, 6) is 1.40. The van der Waals surface area contributed by atoms with E-state index in [-0.39, 0.29) is 10.7 Å². The highest BCUT2D eigenvalue weighted by Gasteiger charge is 2.30. The first-order valence-corrected chi connectivity index (χ1v) is 7.95. The maximum Gasteiger partial charge on any atom is 0.234 e. The van der Waals surface area contributed by atoms with Crippen molar-refractivity contribution < 1.29 is 4.79 Å². The lowest BCUT2D eigenvalue weighted by Gasteiger charge is -2.30. The van der Waals surface area contributed by atoms with E-state index in [4.69, 9.17) is 5.73 Å². The van der Waals surface area contributed by atoms with Crippen LogP contribution in [0.3, 0.4) is 0 Å². The van der Waals surface area contributed by atoms with Crippen LogP contribution in [-0.2, 0) is 4.79 Å². The van der Waals surface area contributed by atoms with Crippen LogP contribution in [0.25, 0.3) is 0 Å². The molecule has 18 heavy (non-hydrogen) atoms. The molecule has 2 aliphatic rings. The second-order valence-corrected chi connectivity index (χ2v) is 7.47. The number of piperidine rings is 1. The van der Waals surface area contributed by atoms with Gasteiger partial charge in [-0.05, 0) is 38.4 Å². The van der Waals surface area contributed by atoms with Crippen LogP contribution >= 0.6 is 11.8 Å². The molecule has 104 valence electrons. The molecule has 5 heteroatoms. The van der Waals surface area contributed by atoms with Crippen molar-refractivity contribution >= 4 is 17.7 Å². The van der Waals surface area contributed by atoms with Gasteiger partial charge in [0.2, 0.25) is 5.91 Å². The Morgan fingerprint density at radius 2 is 2.22 bits per heavy atom. The van der Waals surface area contributed by atoms with Crippen molar-refractivity contribution in [2.24, 2.45) is 5.73 Å². The van der Waals surface area contributed by atoms with E-state index in [0.29, 0.717) is 12.6 Å². The van der Waals surface area contributed by atoms with Crippen molar-refractivity contribution in [3.05, 3.63) is 0 Å². The molecule has 0 saturated carbocycles. The Bertz CT molecular complexity index is 284. The van der Waals surface area contributed by atoms with Gasteiger partial charge in [-0.2, -0.15) is 11.8 Å². The molecule has 3 N–H and O–H groups in total. The van der Waals surface area contributed by atoms with E-state index >= 15 is 0 Å². The Kier molecular flexibility index (Phi) is 4.92. The minimum absolute atomic E-state index is 0.166. The lowest BCUT2D eigenvalue weighted by atomic mass is 10.1. The number of nitrogens with one attached hydrogen (secondary N) is 1. The predicted octanol–water partition coefficient (Wildman–Crippen LogP) is 0.811. The van der Waals surface area contributed by atoms with E-state index in [1.54, 1.807) is 0 Å². The predicted molar refractivity (Wildman–Crippen MR) is 76.8 cm³/mol. The van der Waals surface area contributed by atoms with Crippen LogP contribution in [-0.4, -0.2) is 53.5 Å². The molecule has 0 spiro atoms. The van der Waals surface area contributed by atoms with Crippen molar-refractivity contribution in [1.29, 1.82) is 0 Å². The molecule has 2 fully saturated rings. The Morgan fingerprint density at radius 1 is 1.50 bits per heavy atom.